The predicted octanol–water partition coefficient (Wildman–Crippen LogP) is 0.986. The maximum Gasteiger partial charge on any atom is 0.325 e. The molecule has 1 heterocycles. The van der Waals surface area contributed by atoms with Gasteiger partial charge in [0.25, 0.3) is 5.91 Å². The zero-order valence-electron chi connectivity index (χ0n) is 8.07. The van der Waals surface area contributed by atoms with Gasteiger partial charge >= 0.3 is 5.97 Å². The Kier molecular flexibility index (Phi) is 4.03. The van der Waals surface area contributed by atoms with Crippen molar-refractivity contribution in [2.75, 3.05) is 0 Å². The maximum atomic E-state index is 11.5. The fourth-order valence-corrected chi connectivity index (χ4v) is 1.17. The zero-order valence-corrected chi connectivity index (χ0v) is 9.58. The maximum absolute atomic E-state index is 11.5. The lowest BCUT2D eigenvalue weighted by molar-refractivity contribution is -0.138. The van der Waals surface area contributed by atoms with Crippen LogP contribution in [0.25, 0.3) is 0 Å². The average molecular weight is 264 g/mol. The van der Waals surface area contributed by atoms with Crippen molar-refractivity contribution in [1.82, 2.24) is 15.5 Å². The molecule has 1 amide bonds. The molecule has 0 fully saturated rings. The summed E-state index contributed by atoms with van der Waals surface area (Å²) in [5, 5.41) is 17.5. The molecule has 0 saturated heterocycles. The van der Waals surface area contributed by atoms with Gasteiger partial charge in [0.15, 0.2) is 10.3 Å². The molecule has 0 aliphatic carbocycles. The Balaban J connectivity index is 2.88. The second-order valence-corrected chi connectivity index (χ2v) is 3.65. The highest BCUT2D eigenvalue weighted by molar-refractivity contribution is 6.34. The van der Waals surface area contributed by atoms with E-state index in [0.717, 1.165) is 0 Å². The topological polar surface area (TPSA) is 92.2 Å². The lowest BCUT2D eigenvalue weighted by Crippen LogP contribution is -2.38. The standard InChI is InChI=1S/C8H7Cl2N3O3/c1-3(8(15)16)11-7(14)4-2-5(9)12-13-6(4)10/h2-3H,1H3,(H,11,14)(H,15,16)/t3-/m1/s1. The molecule has 86 valence electrons. The SMILES string of the molecule is C[C@@H](NC(=O)c1cc(Cl)nnc1Cl)C(=O)O. The third kappa shape index (κ3) is 3.04. The molecule has 0 spiro atoms. The summed E-state index contributed by atoms with van der Waals surface area (Å²) in [6.07, 6.45) is 0. The molecular weight excluding hydrogens is 257 g/mol. The van der Waals surface area contributed by atoms with Crippen molar-refractivity contribution >= 4 is 35.1 Å². The summed E-state index contributed by atoms with van der Waals surface area (Å²) in [6.45, 7) is 1.32. The monoisotopic (exact) mass is 263 g/mol. The van der Waals surface area contributed by atoms with E-state index in [1.54, 1.807) is 0 Å². The highest BCUT2D eigenvalue weighted by Gasteiger charge is 2.18. The van der Waals surface area contributed by atoms with E-state index in [9.17, 15) is 9.59 Å². The van der Waals surface area contributed by atoms with E-state index in [-0.39, 0.29) is 15.9 Å². The van der Waals surface area contributed by atoms with E-state index in [1.807, 2.05) is 0 Å². The van der Waals surface area contributed by atoms with E-state index in [1.165, 1.54) is 13.0 Å². The summed E-state index contributed by atoms with van der Waals surface area (Å²) in [5.41, 5.74) is -0.0187. The summed E-state index contributed by atoms with van der Waals surface area (Å²) in [7, 11) is 0. The number of aliphatic carboxylic acids is 1. The van der Waals surface area contributed by atoms with Crippen LogP contribution in [0.1, 0.15) is 17.3 Å². The van der Waals surface area contributed by atoms with Gasteiger partial charge in [0.1, 0.15) is 6.04 Å². The van der Waals surface area contributed by atoms with Crippen molar-refractivity contribution < 1.29 is 14.7 Å². The van der Waals surface area contributed by atoms with Crippen LogP contribution in [-0.4, -0.2) is 33.2 Å². The van der Waals surface area contributed by atoms with E-state index < -0.39 is 17.9 Å². The fraction of sp³-hybridized carbons (Fsp3) is 0.250. The minimum absolute atomic E-state index is 0.00229. The molecule has 8 heteroatoms. The Hall–Kier alpha value is -1.40. The summed E-state index contributed by atoms with van der Waals surface area (Å²) >= 11 is 11.1. The molecule has 0 aliphatic rings. The Labute approximate surface area is 101 Å². The number of amides is 1. The van der Waals surface area contributed by atoms with Crippen LogP contribution < -0.4 is 5.32 Å². The van der Waals surface area contributed by atoms with Crippen LogP contribution in [0.4, 0.5) is 0 Å². The van der Waals surface area contributed by atoms with E-state index in [2.05, 4.69) is 15.5 Å². The Bertz CT molecular complexity index is 439. The van der Waals surface area contributed by atoms with Gasteiger partial charge < -0.3 is 10.4 Å². The first-order valence-electron chi connectivity index (χ1n) is 4.14. The minimum atomic E-state index is -1.16. The summed E-state index contributed by atoms with van der Waals surface area (Å²) in [5.74, 6) is -1.82. The summed E-state index contributed by atoms with van der Waals surface area (Å²) in [6, 6.07) is 0.177. The first-order valence-corrected chi connectivity index (χ1v) is 4.90. The Morgan fingerprint density at radius 2 is 2.06 bits per heavy atom. The second-order valence-electron chi connectivity index (χ2n) is 2.90. The smallest absolute Gasteiger partial charge is 0.325 e. The number of halogens is 2. The first kappa shape index (κ1) is 12.7. The van der Waals surface area contributed by atoms with Crippen LogP contribution in [-0.2, 0) is 4.79 Å². The predicted molar refractivity (Wildman–Crippen MR) is 56.6 cm³/mol. The molecule has 1 aromatic rings. The van der Waals surface area contributed by atoms with Crippen molar-refractivity contribution in [3.05, 3.63) is 21.9 Å². The van der Waals surface area contributed by atoms with Crippen molar-refractivity contribution in [2.45, 2.75) is 13.0 Å². The molecule has 0 radical (unpaired) electrons. The number of aromatic nitrogens is 2. The Morgan fingerprint density at radius 1 is 1.44 bits per heavy atom. The number of carbonyl (C=O) groups is 2. The van der Waals surface area contributed by atoms with E-state index in [0.29, 0.717) is 0 Å². The summed E-state index contributed by atoms with van der Waals surface area (Å²) < 4.78 is 0. The van der Waals surface area contributed by atoms with Gasteiger partial charge in [-0.1, -0.05) is 23.2 Å². The highest BCUT2D eigenvalue weighted by atomic mass is 35.5. The van der Waals surface area contributed by atoms with Gasteiger partial charge in [-0.3, -0.25) is 9.59 Å². The van der Waals surface area contributed by atoms with Gasteiger partial charge in [-0.2, -0.15) is 0 Å². The molecule has 2 N–H and O–H groups in total. The van der Waals surface area contributed by atoms with Gasteiger partial charge in [0.05, 0.1) is 5.56 Å². The highest BCUT2D eigenvalue weighted by Crippen LogP contribution is 2.15. The van der Waals surface area contributed by atoms with Crippen molar-refractivity contribution in [3.8, 4) is 0 Å². The van der Waals surface area contributed by atoms with Crippen LogP contribution in [0, 0.1) is 0 Å². The molecule has 6 nitrogen and oxygen atoms in total. The number of nitrogens with one attached hydrogen (secondary N) is 1. The third-order valence-corrected chi connectivity index (χ3v) is 2.15. The van der Waals surface area contributed by atoms with Crippen LogP contribution >= 0.6 is 23.2 Å². The van der Waals surface area contributed by atoms with Crippen LogP contribution in [0.5, 0.6) is 0 Å². The number of carboxylic acids is 1. The van der Waals surface area contributed by atoms with Crippen molar-refractivity contribution in [3.63, 3.8) is 0 Å². The lowest BCUT2D eigenvalue weighted by Gasteiger charge is -2.09. The van der Waals surface area contributed by atoms with E-state index >= 15 is 0 Å². The number of rotatable bonds is 3. The number of nitrogens with zero attached hydrogens (tertiary/aromatic N) is 2. The number of carbonyl (C=O) groups excluding carboxylic acids is 1. The molecule has 0 aliphatic heterocycles. The van der Waals surface area contributed by atoms with Crippen LogP contribution in [0.15, 0.2) is 6.07 Å². The second kappa shape index (κ2) is 5.09. The van der Waals surface area contributed by atoms with Gasteiger partial charge in [-0.05, 0) is 13.0 Å². The van der Waals surface area contributed by atoms with Crippen LogP contribution in [0.2, 0.25) is 10.3 Å². The molecule has 0 aromatic carbocycles. The molecule has 16 heavy (non-hydrogen) atoms. The quantitative estimate of drug-likeness (QED) is 0.849. The van der Waals surface area contributed by atoms with Crippen molar-refractivity contribution in [2.24, 2.45) is 0 Å². The average Bonchev–Trinajstić information content (AvgIpc) is 2.21. The number of hydrogen-bond donors (Lipinski definition) is 2. The molecule has 0 bridgehead atoms. The zero-order chi connectivity index (χ0) is 12.3. The first-order chi connectivity index (χ1) is 7.41. The lowest BCUT2D eigenvalue weighted by atomic mass is 10.2. The number of hydrogen-bond acceptors (Lipinski definition) is 4. The third-order valence-electron chi connectivity index (χ3n) is 1.68. The minimum Gasteiger partial charge on any atom is -0.480 e. The molecule has 1 aromatic heterocycles. The van der Waals surface area contributed by atoms with Gasteiger partial charge in [0, 0.05) is 0 Å². The van der Waals surface area contributed by atoms with Gasteiger partial charge in [-0.25, -0.2) is 0 Å². The molecule has 0 unspecified atom stereocenters. The van der Waals surface area contributed by atoms with Crippen molar-refractivity contribution in [1.29, 1.82) is 0 Å². The molecular formula is C8H7Cl2N3O3. The summed E-state index contributed by atoms with van der Waals surface area (Å²) in [4.78, 5) is 22.1. The number of carboxylic acid groups (broad SMARTS) is 1. The van der Waals surface area contributed by atoms with Gasteiger partial charge in [-0.15, -0.1) is 10.2 Å². The van der Waals surface area contributed by atoms with Gasteiger partial charge in [0.2, 0.25) is 0 Å². The van der Waals surface area contributed by atoms with Crippen LogP contribution in [0.3, 0.4) is 0 Å². The normalized spacial score (nSPS) is 11.9. The van der Waals surface area contributed by atoms with E-state index in [4.69, 9.17) is 28.3 Å². The molecule has 1 atom stereocenters. The fourth-order valence-electron chi connectivity index (χ4n) is 0.848. The molecule has 0 saturated carbocycles. The molecule has 1 rings (SSSR count). The largest absolute Gasteiger partial charge is 0.480 e. The Morgan fingerprint density at radius 3 is 2.62 bits per heavy atom.